The molecule has 1 aliphatic heterocycles. The maximum atomic E-state index is 12.5. The fraction of sp³-hybridized carbons (Fsp3) is 0.600. The molecule has 1 aliphatic rings. The molecular weight excluding hydrogens is 272 g/mol. The highest BCUT2D eigenvalue weighted by molar-refractivity contribution is 7.89. The summed E-state index contributed by atoms with van der Waals surface area (Å²) in [6.07, 6.45) is 4.24. The van der Waals surface area contributed by atoms with Crippen LogP contribution in [0.1, 0.15) is 31.7 Å². The average molecular weight is 296 g/mol. The van der Waals surface area contributed by atoms with E-state index in [9.17, 15) is 8.42 Å². The van der Waals surface area contributed by atoms with Crippen LogP contribution in [-0.2, 0) is 16.4 Å². The molecule has 112 valence electrons. The molecule has 2 rings (SSSR count). The molecule has 1 atom stereocenters. The largest absolute Gasteiger partial charge is 0.313 e. The number of nitrogens with one attached hydrogen (secondary N) is 1. The summed E-state index contributed by atoms with van der Waals surface area (Å²) in [6.45, 7) is 3.65. The SMILES string of the molecule is CCCc1ccc(S(=O)(=O)N(C)CC2CCCN2)cc1. The number of rotatable bonds is 6. The molecule has 1 N–H and O–H groups in total. The molecule has 0 aromatic heterocycles. The lowest BCUT2D eigenvalue weighted by Gasteiger charge is -2.21. The molecule has 0 amide bonds. The Bertz CT molecular complexity index is 519. The molecule has 1 saturated heterocycles. The second-order valence-corrected chi connectivity index (χ2v) is 7.52. The van der Waals surface area contributed by atoms with E-state index in [2.05, 4.69) is 12.2 Å². The average Bonchev–Trinajstić information content (AvgIpc) is 2.92. The van der Waals surface area contributed by atoms with E-state index in [1.807, 2.05) is 12.1 Å². The van der Waals surface area contributed by atoms with Crippen LogP contribution in [0.5, 0.6) is 0 Å². The molecule has 1 fully saturated rings. The summed E-state index contributed by atoms with van der Waals surface area (Å²) in [5.41, 5.74) is 1.19. The summed E-state index contributed by atoms with van der Waals surface area (Å²) in [5, 5.41) is 3.33. The van der Waals surface area contributed by atoms with Gasteiger partial charge in [0.15, 0.2) is 0 Å². The van der Waals surface area contributed by atoms with Gasteiger partial charge in [0.25, 0.3) is 0 Å². The molecular formula is C15H24N2O2S. The normalized spacial score (nSPS) is 19.6. The quantitative estimate of drug-likeness (QED) is 0.873. The molecule has 0 bridgehead atoms. The van der Waals surface area contributed by atoms with Crippen LogP contribution < -0.4 is 5.32 Å². The summed E-state index contributed by atoms with van der Waals surface area (Å²) in [7, 11) is -1.70. The van der Waals surface area contributed by atoms with Crippen LogP contribution in [-0.4, -0.2) is 38.9 Å². The van der Waals surface area contributed by atoms with Gasteiger partial charge < -0.3 is 5.32 Å². The minimum absolute atomic E-state index is 0.286. The van der Waals surface area contributed by atoms with E-state index in [1.165, 1.54) is 9.87 Å². The lowest BCUT2D eigenvalue weighted by molar-refractivity contribution is 0.417. The highest BCUT2D eigenvalue weighted by Crippen LogP contribution is 2.17. The molecule has 0 spiro atoms. The summed E-state index contributed by atoms with van der Waals surface area (Å²) in [6, 6.07) is 7.56. The molecule has 4 nitrogen and oxygen atoms in total. The van der Waals surface area contributed by atoms with Crippen LogP contribution in [0.25, 0.3) is 0 Å². The van der Waals surface area contributed by atoms with Crippen LogP contribution >= 0.6 is 0 Å². The van der Waals surface area contributed by atoms with Crippen molar-refractivity contribution in [1.82, 2.24) is 9.62 Å². The van der Waals surface area contributed by atoms with E-state index >= 15 is 0 Å². The van der Waals surface area contributed by atoms with E-state index in [0.717, 1.165) is 32.2 Å². The standard InChI is InChI=1S/C15H24N2O2S/c1-3-5-13-7-9-15(10-8-13)20(18,19)17(2)12-14-6-4-11-16-14/h7-10,14,16H,3-6,11-12H2,1-2H3. The van der Waals surface area contributed by atoms with Gasteiger partial charge in [-0.2, -0.15) is 4.31 Å². The smallest absolute Gasteiger partial charge is 0.242 e. The van der Waals surface area contributed by atoms with E-state index in [4.69, 9.17) is 0 Å². The molecule has 1 aromatic rings. The number of sulfonamides is 1. The number of benzene rings is 1. The highest BCUT2D eigenvalue weighted by atomic mass is 32.2. The Morgan fingerprint density at radius 2 is 2.00 bits per heavy atom. The first-order valence-electron chi connectivity index (χ1n) is 7.32. The van der Waals surface area contributed by atoms with Gasteiger partial charge in [0.05, 0.1) is 4.90 Å². The van der Waals surface area contributed by atoms with E-state index in [-0.39, 0.29) is 6.04 Å². The van der Waals surface area contributed by atoms with Gasteiger partial charge in [-0.25, -0.2) is 8.42 Å². The van der Waals surface area contributed by atoms with Crippen molar-refractivity contribution in [2.75, 3.05) is 20.1 Å². The molecule has 1 heterocycles. The number of aryl methyl sites for hydroxylation is 1. The van der Waals surface area contributed by atoms with Gasteiger partial charge >= 0.3 is 0 Å². The first-order chi connectivity index (χ1) is 9.54. The lowest BCUT2D eigenvalue weighted by Crippen LogP contribution is -2.38. The number of hydrogen-bond donors (Lipinski definition) is 1. The maximum absolute atomic E-state index is 12.5. The molecule has 0 radical (unpaired) electrons. The van der Waals surface area contributed by atoms with Gasteiger partial charge in [-0.3, -0.25) is 0 Å². The Kier molecular flexibility index (Phi) is 5.18. The summed E-state index contributed by atoms with van der Waals surface area (Å²) < 4.78 is 26.4. The second kappa shape index (κ2) is 6.70. The van der Waals surface area contributed by atoms with Gasteiger partial charge in [-0.05, 0) is 43.5 Å². The fourth-order valence-electron chi connectivity index (χ4n) is 2.62. The molecule has 1 aromatic carbocycles. The van der Waals surface area contributed by atoms with Crippen molar-refractivity contribution in [2.24, 2.45) is 0 Å². The van der Waals surface area contributed by atoms with Crippen molar-refractivity contribution < 1.29 is 8.42 Å². The monoisotopic (exact) mass is 296 g/mol. The van der Waals surface area contributed by atoms with Gasteiger partial charge in [-0.15, -0.1) is 0 Å². The summed E-state index contributed by atoms with van der Waals surface area (Å²) in [5.74, 6) is 0. The Hall–Kier alpha value is -0.910. The summed E-state index contributed by atoms with van der Waals surface area (Å²) in [4.78, 5) is 0.387. The van der Waals surface area contributed by atoms with Gasteiger partial charge in [0, 0.05) is 19.6 Å². The number of likely N-dealkylation sites (N-methyl/N-ethyl adjacent to an activating group) is 1. The zero-order valence-electron chi connectivity index (χ0n) is 12.3. The van der Waals surface area contributed by atoms with Crippen molar-refractivity contribution in [3.63, 3.8) is 0 Å². The molecule has 0 saturated carbocycles. The first-order valence-corrected chi connectivity index (χ1v) is 8.76. The number of nitrogens with zero attached hydrogens (tertiary/aromatic N) is 1. The van der Waals surface area contributed by atoms with Gasteiger partial charge in [0.1, 0.15) is 0 Å². The molecule has 20 heavy (non-hydrogen) atoms. The Morgan fingerprint density at radius 1 is 1.30 bits per heavy atom. The van der Waals surface area contributed by atoms with Crippen LogP contribution in [0.2, 0.25) is 0 Å². The molecule has 0 aliphatic carbocycles. The third-order valence-corrected chi connectivity index (χ3v) is 5.65. The Morgan fingerprint density at radius 3 is 2.55 bits per heavy atom. The first kappa shape index (κ1) is 15.5. The van der Waals surface area contributed by atoms with Crippen molar-refractivity contribution in [2.45, 2.75) is 43.5 Å². The zero-order chi connectivity index (χ0) is 14.6. The third kappa shape index (κ3) is 3.59. The topological polar surface area (TPSA) is 49.4 Å². The van der Waals surface area contributed by atoms with Crippen LogP contribution in [0.3, 0.4) is 0 Å². The zero-order valence-corrected chi connectivity index (χ0v) is 13.1. The van der Waals surface area contributed by atoms with Gasteiger partial charge in [0.2, 0.25) is 10.0 Å². The van der Waals surface area contributed by atoms with E-state index < -0.39 is 10.0 Å². The van der Waals surface area contributed by atoms with E-state index in [0.29, 0.717) is 11.4 Å². The Balaban J connectivity index is 2.07. The van der Waals surface area contributed by atoms with Crippen molar-refractivity contribution in [1.29, 1.82) is 0 Å². The maximum Gasteiger partial charge on any atom is 0.242 e. The number of hydrogen-bond acceptors (Lipinski definition) is 3. The minimum Gasteiger partial charge on any atom is -0.313 e. The lowest BCUT2D eigenvalue weighted by atomic mass is 10.1. The summed E-state index contributed by atoms with van der Waals surface area (Å²) >= 11 is 0. The van der Waals surface area contributed by atoms with Gasteiger partial charge in [-0.1, -0.05) is 25.5 Å². The van der Waals surface area contributed by atoms with Crippen molar-refractivity contribution in [3.05, 3.63) is 29.8 Å². The Labute approximate surface area is 122 Å². The van der Waals surface area contributed by atoms with Crippen LogP contribution in [0, 0.1) is 0 Å². The highest BCUT2D eigenvalue weighted by Gasteiger charge is 2.25. The predicted octanol–water partition coefficient (Wildman–Crippen LogP) is 2.01. The third-order valence-electron chi connectivity index (χ3n) is 3.81. The second-order valence-electron chi connectivity index (χ2n) is 5.47. The molecule has 5 heteroatoms. The van der Waals surface area contributed by atoms with Crippen molar-refractivity contribution >= 4 is 10.0 Å². The van der Waals surface area contributed by atoms with Crippen molar-refractivity contribution in [3.8, 4) is 0 Å². The molecule has 1 unspecified atom stereocenters. The predicted molar refractivity (Wildman–Crippen MR) is 81.3 cm³/mol. The van der Waals surface area contributed by atoms with Crippen LogP contribution in [0.15, 0.2) is 29.2 Å². The fourth-order valence-corrected chi connectivity index (χ4v) is 3.83. The minimum atomic E-state index is -3.36. The van der Waals surface area contributed by atoms with E-state index in [1.54, 1.807) is 19.2 Å². The van der Waals surface area contributed by atoms with Crippen LogP contribution in [0.4, 0.5) is 0 Å².